The molecule has 0 radical (unpaired) electrons. The van der Waals surface area contributed by atoms with Crippen LogP contribution in [0.25, 0.3) is 0 Å². The first-order valence-electron chi connectivity index (χ1n) is 5.71. The second kappa shape index (κ2) is 7.77. The Hall–Kier alpha value is -0.470. The summed E-state index contributed by atoms with van der Waals surface area (Å²) in [6, 6.07) is 10.6. The summed E-state index contributed by atoms with van der Waals surface area (Å²) < 4.78 is 0. The van der Waals surface area contributed by atoms with Gasteiger partial charge in [0, 0.05) is 0 Å². The minimum absolute atomic E-state index is 0.545. The SMILES string of the molecule is CCSCCCC(CN)c1ccccc1. The lowest BCUT2D eigenvalue weighted by Crippen LogP contribution is -2.12. The van der Waals surface area contributed by atoms with E-state index >= 15 is 0 Å². The Morgan fingerprint density at radius 1 is 1.27 bits per heavy atom. The zero-order valence-electron chi connectivity index (χ0n) is 9.49. The Morgan fingerprint density at radius 2 is 2.00 bits per heavy atom. The highest BCUT2D eigenvalue weighted by atomic mass is 32.2. The molecule has 0 fully saturated rings. The highest BCUT2D eigenvalue weighted by Crippen LogP contribution is 2.20. The van der Waals surface area contributed by atoms with E-state index < -0.39 is 0 Å². The highest BCUT2D eigenvalue weighted by molar-refractivity contribution is 7.99. The molecule has 1 atom stereocenters. The minimum atomic E-state index is 0.545. The molecule has 1 rings (SSSR count). The molecule has 0 saturated carbocycles. The van der Waals surface area contributed by atoms with Crippen molar-refractivity contribution in [3.63, 3.8) is 0 Å². The smallest absolute Gasteiger partial charge is 0.000823 e. The van der Waals surface area contributed by atoms with Crippen molar-refractivity contribution in [3.05, 3.63) is 35.9 Å². The second-order valence-corrected chi connectivity index (χ2v) is 5.08. The van der Waals surface area contributed by atoms with E-state index in [0.717, 1.165) is 6.54 Å². The summed E-state index contributed by atoms with van der Waals surface area (Å²) in [5.74, 6) is 3.03. The van der Waals surface area contributed by atoms with Crippen LogP contribution in [-0.4, -0.2) is 18.1 Å². The van der Waals surface area contributed by atoms with Crippen molar-refractivity contribution in [1.29, 1.82) is 0 Å². The molecule has 84 valence electrons. The summed E-state index contributed by atoms with van der Waals surface area (Å²) in [7, 11) is 0. The van der Waals surface area contributed by atoms with Gasteiger partial charge in [0.1, 0.15) is 0 Å². The molecule has 2 N–H and O–H groups in total. The molecular weight excluding hydrogens is 202 g/mol. The Bertz CT molecular complexity index is 248. The van der Waals surface area contributed by atoms with E-state index in [0.29, 0.717) is 5.92 Å². The summed E-state index contributed by atoms with van der Waals surface area (Å²) in [6.07, 6.45) is 2.49. The van der Waals surface area contributed by atoms with Gasteiger partial charge in [-0.25, -0.2) is 0 Å². The van der Waals surface area contributed by atoms with E-state index in [1.54, 1.807) is 0 Å². The van der Waals surface area contributed by atoms with Gasteiger partial charge >= 0.3 is 0 Å². The Kier molecular flexibility index (Phi) is 6.53. The molecule has 1 nitrogen and oxygen atoms in total. The lowest BCUT2D eigenvalue weighted by molar-refractivity contribution is 0.626. The summed E-state index contributed by atoms with van der Waals surface area (Å²) in [5, 5.41) is 0. The van der Waals surface area contributed by atoms with Crippen LogP contribution in [-0.2, 0) is 0 Å². The molecule has 0 spiro atoms. The fraction of sp³-hybridized carbons (Fsp3) is 0.538. The van der Waals surface area contributed by atoms with E-state index in [1.165, 1.54) is 29.9 Å². The van der Waals surface area contributed by atoms with Crippen LogP contribution in [0.4, 0.5) is 0 Å². The van der Waals surface area contributed by atoms with Crippen molar-refractivity contribution in [2.45, 2.75) is 25.7 Å². The van der Waals surface area contributed by atoms with Crippen molar-refractivity contribution in [1.82, 2.24) is 0 Å². The molecule has 1 aromatic carbocycles. The Balaban J connectivity index is 2.36. The quantitative estimate of drug-likeness (QED) is 0.718. The molecule has 1 unspecified atom stereocenters. The molecule has 0 heterocycles. The molecule has 0 aliphatic carbocycles. The summed E-state index contributed by atoms with van der Waals surface area (Å²) >= 11 is 2.01. The van der Waals surface area contributed by atoms with Gasteiger partial charge in [-0.3, -0.25) is 0 Å². The van der Waals surface area contributed by atoms with E-state index in [-0.39, 0.29) is 0 Å². The summed E-state index contributed by atoms with van der Waals surface area (Å²) in [4.78, 5) is 0. The number of rotatable bonds is 7. The third-order valence-electron chi connectivity index (χ3n) is 2.60. The van der Waals surface area contributed by atoms with Crippen LogP contribution in [0.3, 0.4) is 0 Å². The molecule has 1 aromatic rings. The number of hydrogen-bond acceptors (Lipinski definition) is 2. The van der Waals surface area contributed by atoms with Crippen LogP contribution < -0.4 is 5.73 Å². The van der Waals surface area contributed by atoms with Crippen molar-refractivity contribution >= 4 is 11.8 Å². The highest BCUT2D eigenvalue weighted by Gasteiger charge is 2.08. The van der Waals surface area contributed by atoms with E-state index in [1.807, 2.05) is 11.8 Å². The molecular formula is C13H21NS. The summed E-state index contributed by atoms with van der Waals surface area (Å²) in [5.41, 5.74) is 7.20. The predicted molar refractivity (Wildman–Crippen MR) is 70.5 cm³/mol. The lowest BCUT2D eigenvalue weighted by atomic mass is 9.95. The second-order valence-electron chi connectivity index (χ2n) is 3.68. The Labute approximate surface area is 97.4 Å². The predicted octanol–water partition coefficient (Wildman–Crippen LogP) is 3.26. The van der Waals surface area contributed by atoms with Crippen LogP contribution in [0.15, 0.2) is 30.3 Å². The van der Waals surface area contributed by atoms with E-state index in [4.69, 9.17) is 5.73 Å². The Morgan fingerprint density at radius 3 is 2.60 bits per heavy atom. The van der Waals surface area contributed by atoms with Crippen molar-refractivity contribution in [3.8, 4) is 0 Å². The van der Waals surface area contributed by atoms with Gasteiger partial charge in [0.05, 0.1) is 0 Å². The van der Waals surface area contributed by atoms with Crippen LogP contribution in [0.2, 0.25) is 0 Å². The standard InChI is InChI=1S/C13H21NS/c1-2-15-10-6-9-13(11-14)12-7-4-3-5-8-12/h3-5,7-8,13H,2,6,9-11,14H2,1H3. The molecule has 0 aliphatic heterocycles. The van der Waals surface area contributed by atoms with Gasteiger partial charge in [-0.2, -0.15) is 11.8 Å². The maximum Gasteiger partial charge on any atom is -0.000823 e. The molecule has 2 heteroatoms. The largest absolute Gasteiger partial charge is 0.330 e. The topological polar surface area (TPSA) is 26.0 Å². The molecule has 0 saturated heterocycles. The third kappa shape index (κ3) is 4.72. The number of nitrogens with two attached hydrogens (primary N) is 1. The number of benzene rings is 1. The summed E-state index contributed by atoms with van der Waals surface area (Å²) in [6.45, 7) is 2.98. The normalized spacial score (nSPS) is 12.7. The van der Waals surface area contributed by atoms with Gasteiger partial charge in [-0.1, -0.05) is 37.3 Å². The fourth-order valence-corrected chi connectivity index (χ4v) is 2.38. The average molecular weight is 223 g/mol. The monoisotopic (exact) mass is 223 g/mol. The van der Waals surface area contributed by atoms with Gasteiger partial charge in [0.15, 0.2) is 0 Å². The van der Waals surface area contributed by atoms with Gasteiger partial charge in [-0.15, -0.1) is 0 Å². The van der Waals surface area contributed by atoms with Gasteiger partial charge in [-0.05, 0) is 42.4 Å². The van der Waals surface area contributed by atoms with Gasteiger partial charge in [0.2, 0.25) is 0 Å². The first kappa shape index (κ1) is 12.6. The maximum absolute atomic E-state index is 5.81. The zero-order valence-corrected chi connectivity index (χ0v) is 10.3. The first-order valence-corrected chi connectivity index (χ1v) is 6.86. The van der Waals surface area contributed by atoms with Gasteiger partial charge < -0.3 is 5.73 Å². The van der Waals surface area contributed by atoms with Crippen LogP contribution in [0.5, 0.6) is 0 Å². The molecule has 0 bridgehead atoms. The first-order chi connectivity index (χ1) is 7.38. The van der Waals surface area contributed by atoms with Gasteiger partial charge in [0.25, 0.3) is 0 Å². The van der Waals surface area contributed by atoms with Crippen LogP contribution in [0.1, 0.15) is 31.2 Å². The molecule has 0 aromatic heterocycles. The number of thioether (sulfide) groups is 1. The van der Waals surface area contributed by atoms with E-state index in [2.05, 4.69) is 37.3 Å². The molecule has 0 amide bonds. The van der Waals surface area contributed by atoms with Crippen molar-refractivity contribution < 1.29 is 0 Å². The van der Waals surface area contributed by atoms with Crippen molar-refractivity contribution in [2.75, 3.05) is 18.1 Å². The van der Waals surface area contributed by atoms with Crippen LogP contribution >= 0.6 is 11.8 Å². The van der Waals surface area contributed by atoms with Crippen molar-refractivity contribution in [2.24, 2.45) is 5.73 Å². The van der Waals surface area contributed by atoms with Crippen LogP contribution in [0, 0.1) is 0 Å². The molecule has 0 aliphatic rings. The fourth-order valence-electron chi connectivity index (χ4n) is 1.72. The molecule has 15 heavy (non-hydrogen) atoms. The maximum atomic E-state index is 5.81. The zero-order chi connectivity index (χ0) is 10.9. The van der Waals surface area contributed by atoms with E-state index in [9.17, 15) is 0 Å². The number of hydrogen-bond donors (Lipinski definition) is 1. The minimum Gasteiger partial charge on any atom is -0.330 e. The average Bonchev–Trinajstić information content (AvgIpc) is 2.30. The lowest BCUT2D eigenvalue weighted by Gasteiger charge is -2.14. The third-order valence-corrected chi connectivity index (χ3v) is 3.59.